The van der Waals surface area contributed by atoms with Gasteiger partial charge in [0.05, 0.1) is 7.11 Å². The fourth-order valence-electron chi connectivity index (χ4n) is 3.58. The smallest absolute Gasteiger partial charge is 0.224 e. The molecule has 1 heterocycles. The lowest BCUT2D eigenvalue weighted by atomic mass is 9.99. The van der Waals surface area contributed by atoms with Crippen molar-refractivity contribution in [3.63, 3.8) is 0 Å². The number of hydrogen-bond donors (Lipinski definition) is 1. The summed E-state index contributed by atoms with van der Waals surface area (Å²) in [6, 6.07) is 14.2. The lowest BCUT2D eigenvalue weighted by Gasteiger charge is -2.28. The minimum Gasteiger partial charge on any atom is -0.496 e. The van der Waals surface area contributed by atoms with Gasteiger partial charge in [-0.2, -0.15) is 0 Å². The van der Waals surface area contributed by atoms with Crippen molar-refractivity contribution in [1.82, 2.24) is 4.90 Å². The summed E-state index contributed by atoms with van der Waals surface area (Å²) in [5.74, 6) is 0.877. The summed E-state index contributed by atoms with van der Waals surface area (Å²) in [6.07, 6.45) is 3.39. The third-order valence-corrected chi connectivity index (χ3v) is 4.94. The predicted molar refractivity (Wildman–Crippen MR) is 106 cm³/mol. The molecule has 0 saturated carbocycles. The van der Waals surface area contributed by atoms with Gasteiger partial charge in [-0.25, -0.2) is 0 Å². The van der Waals surface area contributed by atoms with Gasteiger partial charge in [0.15, 0.2) is 0 Å². The molecule has 0 spiro atoms. The average Bonchev–Trinajstić information content (AvgIpc) is 2.66. The standard InChI is InChI=1S/C22H28N2O2/c1-3-13-24-14-12-17-8-10-20(15-19(17)16-24)23-22(25)11-9-18-6-4-5-7-21(18)26-2/h4-8,10,15H,3,9,11-14,16H2,1-2H3,(H,23,25). The van der Waals surface area contributed by atoms with Crippen LogP contribution < -0.4 is 10.1 Å². The molecule has 0 unspecified atom stereocenters. The van der Waals surface area contributed by atoms with Crippen LogP contribution in [0, 0.1) is 0 Å². The summed E-state index contributed by atoms with van der Waals surface area (Å²) < 4.78 is 5.35. The van der Waals surface area contributed by atoms with E-state index in [2.05, 4.69) is 29.3 Å². The van der Waals surface area contributed by atoms with Gasteiger partial charge in [-0.05, 0) is 60.7 Å². The number of anilines is 1. The molecular weight excluding hydrogens is 324 g/mol. The summed E-state index contributed by atoms with van der Waals surface area (Å²) in [6.45, 7) is 5.46. The van der Waals surface area contributed by atoms with Crippen LogP contribution in [0.5, 0.6) is 5.75 Å². The molecule has 26 heavy (non-hydrogen) atoms. The van der Waals surface area contributed by atoms with Gasteiger partial charge in [-0.1, -0.05) is 31.2 Å². The van der Waals surface area contributed by atoms with Gasteiger partial charge in [0.2, 0.25) is 5.91 Å². The van der Waals surface area contributed by atoms with E-state index in [0.29, 0.717) is 12.8 Å². The summed E-state index contributed by atoms with van der Waals surface area (Å²) in [5.41, 5.74) is 4.70. The van der Waals surface area contributed by atoms with Crippen LogP contribution in [-0.4, -0.2) is 31.0 Å². The van der Waals surface area contributed by atoms with E-state index in [-0.39, 0.29) is 5.91 Å². The van der Waals surface area contributed by atoms with Gasteiger partial charge >= 0.3 is 0 Å². The molecular formula is C22H28N2O2. The molecule has 2 aromatic rings. The second-order valence-corrected chi connectivity index (χ2v) is 6.87. The van der Waals surface area contributed by atoms with E-state index in [9.17, 15) is 4.79 Å². The largest absolute Gasteiger partial charge is 0.496 e. The van der Waals surface area contributed by atoms with E-state index in [1.165, 1.54) is 17.5 Å². The third kappa shape index (κ3) is 4.64. The number of fused-ring (bicyclic) bond motifs is 1. The molecule has 0 fully saturated rings. The van der Waals surface area contributed by atoms with E-state index in [4.69, 9.17) is 4.74 Å². The number of carbonyl (C=O) groups is 1. The average molecular weight is 352 g/mol. The third-order valence-electron chi connectivity index (χ3n) is 4.94. The molecule has 0 aliphatic carbocycles. The van der Waals surface area contributed by atoms with Crippen LogP contribution in [0.3, 0.4) is 0 Å². The van der Waals surface area contributed by atoms with E-state index in [1.54, 1.807) is 7.11 Å². The van der Waals surface area contributed by atoms with Gasteiger partial charge < -0.3 is 10.1 Å². The molecule has 4 heteroatoms. The van der Waals surface area contributed by atoms with Gasteiger partial charge in [0, 0.05) is 25.2 Å². The molecule has 1 N–H and O–H groups in total. The second kappa shape index (κ2) is 8.86. The molecule has 4 nitrogen and oxygen atoms in total. The quantitative estimate of drug-likeness (QED) is 0.818. The number of rotatable bonds is 7. The molecule has 1 aliphatic rings. The number of nitrogens with zero attached hydrogens (tertiary/aromatic N) is 1. The summed E-state index contributed by atoms with van der Waals surface area (Å²) in [7, 11) is 1.66. The Morgan fingerprint density at radius 1 is 1.19 bits per heavy atom. The number of ether oxygens (including phenoxy) is 1. The second-order valence-electron chi connectivity index (χ2n) is 6.87. The molecule has 0 radical (unpaired) electrons. The van der Waals surface area contributed by atoms with Gasteiger partial charge in [0.1, 0.15) is 5.75 Å². The van der Waals surface area contributed by atoms with Crippen LogP contribution in [0.1, 0.15) is 36.5 Å². The molecule has 3 rings (SSSR count). The van der Waals surface area contributed by atoms with Crippen molar-refractivity contribution in [1.29, 1.82) is 0 Å². The highest BCUT2D eigenvalue weighted by Crippen LogP contribution is 2.23. The number of benzene rings is 2. The zero-order valence-electron chi connectivity index (χ0n) is 15.8. The number of amides is 1. The molecule has 1 aliphatic heterocycles. The van der Waals surface area contributed by atoms with Crippen LogP contribution in [0.25, 0.3) is 0 Å². The number of aryl methyl sites for hydroxylation is 1. The highest BCUT2D eigenvalue weighted by atomic mass is 16.5. The lowest BCUT2D eigenvalue weighted by Crippen LogP contribution is -2.31. The molecule has 0 saturated heterocycles. The van der Waals surface area contributed by atoms with E-state index >= 15 is 0 Å². The first-order valence-electron chi connectivity index (χ1n) is 9.45. The number of nitrogens with one attached hydrogen (secondary N) is 1. The van der Waals surface area contributed by atoms with E-state index < -0.39 is 0 Å². The van der Waals surface area contributed by atoms with Crippen molar-refractivity contribution >= 4 is 11.6 Å². The first-order chi connectivity index (χ1) is 12.7. The maximum absolute atomic E-state index is 12.4. The van der Waals surface area contributed by atoms with Crippen LogP contribution in [-0.2, 0) is 24.2 Å². The number of para-hydroxylation sites is 1. The molecule has 138 valence electrons. The minimum atomic E-state index is 0.0390. The lowest BCUT2D eigenvalue weighted by molar-refractivity contribution is -0.116. The topological polar surface area (TPSA) is 41.6 Å². The molecule has 0 bridgehead atoms. The SMILES string of the molecule is CCCN1CCc2ccc(NC(=O)CCc3ccccc3OC)cc2C1. The first kappa shape index (κ1) is 18.5. The van der Waals surface area contributed by atoms with E-state index in [1.807, 2.05) is 30.3 Å². The fourth-order valence-corrected chi connectivity index (χ4v) is 3.58. The maximum atomic E-state index is 12.4. The Kier molecular flexibility index (Phi) is 6.29. The van der Waals surface area contributed by atoms with Gasteiger partial charge in [-0.3, -0.25) is 9.69 Å². The van der Waals surface area contributed by atoms with Crippen molar-refractivity contribution in [3.05, 3.63) is 59.2 Å². The summed E-state index contributed by atoms with van der Waals surface area (Å²) in [4.78, 5) is 14.8. The highest BCUT2D eigenvalue weighted by molar-refractivity contribution is 5.91. The van der Waals surface area contributed by atoms with Crippen molar-refractivity contribution in [3.8, 4) is 5.75 Å². The highest BCUT2D eigenvalue weighted by Gasteiger charge is 2.16. The van der Waals surface area contributed by atoms with E-state index in [0.717, 1.165) is 43.1 Å². The Bertz CT molecular complexity index is 758. The Morgan fingerprint density at radius 3 is 2.85 bits per heavy atom. The van der Waals surface area contributed by atoms with Crippen molar-refractivity contribution in [2.24, 2.45) is 0 Å². The van der Waals surface area contributed by atoms with Crippen molar-refractivity contribution < 1.29 is 9.53 Å². The van der Waals surface area contributed by atoms with Crippen molar-refractivity contribution in [2.75, 3.05) is 25.5 Å². The predicted octanol–water partition coefficient (Wildman–Crippen LogP) is 4.03. The minimum absolute atomic E-state index is 0.0390. The number of carbonyl (C=O) groups excluding carboxylic acids is 1. The summed E-state index contributed by atoms with van der Waals surface area (Å²) >= 11 is 0. The maximum Gasteiger partial charge on any atom is 0.224 e. The molecule has 1 amide bonds. The van der Waals surface area contributed by atoms with Gasteiger partial charge in [-0.15, -0.1) is 0 Å². The molecule has 0 aromatic heterocycles. The fraction of sp³-hybridized carbons (Fsp3) is 0.409. The Hall–Kier alpha value is -2.33. The Balaban J connectivity index is 1.59. The van der Waals surface area contributed by atoms with Crippen LogP contribution >= 0.6 is 0 Å². The Labute approximate surface area is 156 Å². The van der Waals surface area contributed by atoms with Crippen LogP contribution in [0.2, 0.25) is 0 Å². The number of hydrogen-bond acceptors (Lipinski definition) is 3. The molecule has 0 atom stereocenters. The Morgan fingerprint density at radius 2 is 2.04 bits per heavy atom. The van der Waals surface area contributed by atoms with Crippen LogP contribution in [0.4, 0.5) is 5.69 Å². The van der Waals surface area contributed by atoms with Crippen molar-refractivity contribution in [2.45, 2.75) is 39.2 Å². The monoisotopic (exact) mass is 352 g/mol. The number of methoxy groups -OCH3 is 1. The zero-order chi connectivity index (χ0) is 18.4. The van der Waals surface area contributed by atoms with Crippen LogP contribution in [0.15, 0.2) is 42.5 Å². The molecule has 2 aromatic carbocycles. The first-order valence-corrected chi connectivity index (χ1v) is 9.45. The zero-order valence-corrected chi connectivity index (χ0v) is 15.8. The summed E-state index contributed by atoms with van der Waals surface area (Å²) in [5, 5.41) is 3.05. The normalized spacial score (nSPS) is 13.9. The van der Waals surface area contributed by atoms with Gasteiger partial charge in [0.25, 0.3) is 0 Å².